The summed E-state index contributed by atoms with van der Waals surface area (Å²) in [6.45, 7) is 4.93. The number of hydrogen-bond acceptors (Lipinski definition) is 6. The molecule has 0 spiro atoms. The van der Waals surface area contributed by atoms with Crippen molar-refractivity contribution >= 4 is 34.4 Å². The second-order valence-electron chi connectivity index (χ2n) is 10.4. The smallest absolute Gasteiger partial charge is 0.253 e. The van der Waals surface area contributed by atoms with Gasteiger partial charge in [-0.2, -0.15) is 0 Å². The van der Waals surface area contributed by atoms with Gasteiger partial charge in [0.15, 0.2) is 0 Å². The molecule has 2 N–H and O–H groups in total. The van der Waals surface area contributed by atoms with E-state index in [4.69, 9.17) is 0 Å². The molecule has 1 aliphatic heterocycles. The molecule has 0 saturated carbocycles. The molecular weight excluding hydrogens is 502 g/mol. The number of hydrogen-bond donors (Lipinski definition) is 2. The second-order valence-corrected chi connectivity index (χ2v) is 10.4. The normalized spacial score (nSPS) is 14.0. The SMILES string of the molecule is CC(=O)NCCN(c1cccc(C(=O)N2CCC(N(C)CCc3ccccc3)CC2)c1)c1ncnc2[nH]ccc12. The molecule has 4 aromatic rings. The van der Waals surface area contributed by atoms with Gasteiger partial charge in [-0.15, -0.1) is 0 Å². The van der Waals surface area contributed by atoms with Crippen LogP contribution in [0.5, 0.6) is 0 Å². The number of rotatable bonds is 10. The third kappa shape index (κ3) is 6.48. The van der Waals surface area contributed by atoms with E-state index in [1.54, 1.807) is 0 Å². The van der Waals surface area contributed by atoms with Gasteiger partial charge in [-0.05, 0) is 56.1 Å². The molecule has 3 heterocycles. The monoisotopic (exact) mass is 539 g/mol. The highest BCUT2D eigenvalue weighted by Crippen LogP contribution is 2.30. The Morgan fingerprint density at radius 2 is 1.82 bits per heavy atom. The number of likely N-dealkylation sites (N-methyl/N-ethyl adjacent to an activating group) is 1. The van der Waals surface area contributed by atoms with Crippen LogP contribution in [0.4, 0.5) is 11.5 Å². The fourth-order valence-corrected chi connectivity index (χ4v) is 5.41. The molecule has 0 bridgehead atoms. The number of nitrogens with one attached hydrogen (secondary N) is 2. The topological polar surface area (TPSA) is 97.5 Å². The van der Waals surface area contributed by atoms with Gasteiger partial charge in [-0.3, -0.25) is 9.59 Å². The van der Waals surface area contributed by atoms with Gasteiger partial charge >= 0.3 is 0 Å². The molecular formula is C31H37N7O2. The van der Waals surface area contributed by atoms with E-state index >= 15 is 0 Å². The maximum Gasteiger partial charge on any atom is 0.253 e. The maximum atomic E-state index is 13.6. The van der Waals surface area contributed by atoms with Gasteiger partial charge in [-0.1, -0.05) is 36.4 Å². The zero-order valence-electron chi connectivity index (χ0n) is 23.2. The standard InChI is InChI=1S/C31H37N7O2/c1-23(39)32-16-20-38(30-28-11-15-33-29(28)34-22-35-30)27-10-6-9-25(21-27)31(40)37-18-13-26(14-19-37)36(2)17-12-24-7-4-3-5-8-24/h3-11,15,21-22,26H,12-14,16-20H2,1-2H3,(H,32,39)(H,33,34,35). The number of amides is 2. The first-order chi connectivity index (χ1) is 19.5. The largest absolute Gasteiger partial charge is 0.355 e. The second kappa shape index (κ2) is 12.7. The summed E-state index contributed by atoms with van der Waals surface area (Å²) in [5.41, 5.74) is 3.58. The van der Waals surface area contributed by atoms with Gasteiger partial charge in [0.05, 0.1) is 5.39 Å². The molecule has 2 aromatic carbocycles. The van der Waals surface area contributed by atoms with Crippen LogP contribution in [0, 0.1) is 0 Å². The van der Waals surface area contributed by atoms with Crippen LogP contribution in [0.3, 0.4) is 0 Å². The summed E-state index contributed by atoms with van der Waals surface area (Å²) in [5, 5.41) is 3.74. The first kappa shape index (κ1) is 27.3. The lowest BCUT2D eigenvalue weighted by atomic mass is 10.0. The molecule has 2 amide bonds. The number of aromatic amines is 1. The highest BCUT2D eigenvalue weighted by Gasteiger charge is 2.26. The Labute approximate surface area is 235 Å². The summed E-state index contributed by atoms with van der Waals surface area (Å²) < 4.78 is 0. The fraction of sp³-hybridized carbons (Fsp3) is 0.355. The summed E-state index contributed by atoms with van der Waals surface area (Å²) in [6.07, 6.45) is 6.31. The Hall–Kier alpha value is -4.24. The lowest BCUT2D eigenvalue weighted by molar-refractivity contribution is -0.118. The van der Waals surface area contributed by atoms with Crippen LogP contribution in [0.25, 0.3) is 11.0 Å². The molecule has 0 radical (unpaired) electrons. The van der Waals surface area contributed by atoms with E-state index in [1.165, 1.54) is 18.8 Å². The third-order valence-corrected chi connectivity index (χ3v) is 7.67. The van der Waals surface area contributed by atoms with Gasteiger partial charge in [-0.25, -0.2) is 9.97 Å². The number of carbonyl (C=O) groups is 2. The van der Waals surface area contributed by atoms with Crippen LogP contribution in [-0.2, 0) is 11.2 Å². The molecule has 1 fully saturated rings. The molecule has 9 nitrogen and oxygen atoms in total. The summed E-state index contributed by atoms with van der Waals surface area (Å²) in [6, 6.07) is 20.7. The summed E-state index contributed by atoms with van der Waals surface area (Å²) in [7, 11) is 2.19. The highest BCUT2D eigenvalue weighted by molar-refractivity contribution is 5.96. The summed E-state index contributed by atoms with van der Waals surface area (Å²) in [5.74, 6) is 0.677. The molecule has 9 heteroatoms. The Morgan fingerprint density at radius 1 is 1.02 bits per heavy atom. The first-order valence-electron chi connectivity index (χ1n) is 13.9. The van der Waals surface area contributed by atoms with Gasteiger partial charge in [0, 0.05) is 63.1 Å². The maximum absolute atomic E-state index is 13.6. The van der Waals surface area contributed by atoms with Gasteiger partial charge in [0.2, 0.25) is 5.91 Å². The Balaban J connectivity index is 1.26. The highest BCUT2D eigenvalue weighted by atomic mass is 16.2. The number of anilines is 2. The number of aromatic nitrogens is 3. The van der Waals surface area contributed by atoms with Crippen molar-refractivity contribution in [1.82, 2.24) is 30.1 Å². The minimum atomic E-state index is -0.0903. The number of nitrogens with zero attached hydrogens (tertiary/aromatic N) is 5. The van der Waals surface area contributed by atoms with Crippen LogP contribution in [-0.4, -0.2) is 82.4 Å². The Bertz CT molecular complexity index is 1430. The number of piperidine rings is 1. The lowest BCUT2D eigenvalue weighted by Crippen LogP contribution is -2.46. The molecule has 0 aliphatic carbocycles. The Morgan fingerprint density at radius 3 is 2.60 bits per heavy atom. The molecule has 40 heavy (non-hydrogen) atoms. The van der Waals surface area contributed by atoms with Crippen molar-refractivity contribution in [2.45, 2.75) is 32.2 Å². The van der Waals surface area contributed by atoms with Crippen molar-refractivity contribution in [3.63, 3.8) is 0 Å². The van der Waals surface area contributed by atoms with Crippen LogP contribution in [0.1, 0.15) is 35.7 Å². The van der Waals surface area contributed by atoms with E-state index in [2.05, 4.69) is 62.5 Å². The number of likely N-dealkylation sites (tertiary alicyclic amines) is 1. The van der Waals surface area contributed by atoms with Crippen molar-refractivity contribution in [3.8, 4) is 0 Å². The lowest BCUT2D eigenvalue weighted by Gasteiger charge is -2.37. The number of H-pyrrole nitrogens is 1. The van der Waals surface area contributed by atoms with E-state index in [1.807, 2.05) is 46.3 Å². The predicted octanol–water partition coefficient (Wildman–Crippen LogP) is 4.01. The molecule has 1 aliphatic rings. The number of benzene rings is 2. The predicted molar refractivity (Wildman–Crippen MR) is 158 cm³/mol. The van der Waals surface area contributed by atoms with Crippen LogP contribution >= 0.6 is 0 Å². The third-order valence-electron chi connectivity index (χ3n) is 7.67. The minimum Gasteiger partial charge on any atom is -0.355 e. The van der Waals surface area contributed by atoms with Crippen LogP contribution < -0.4 is 10.2 Å². The van der Waals surface area contributed by atoms with E-state index in [-0.39, 0.29) is 11.8 Å². The first-order valence-corrected chi connectivity index (χ1v) is 13.9. The van der Waals surface area contributed by atoms with Crippen molar-refractivity contribution in [3.05, 3.63) is 84.3 Å². The molecule has 2 aromatic heterocycles. The van der Waals surface area contributed by atoms with Gasteiger partial charge in [0.1, 0.15) is 17.8 Å². The minimum absolute atomic E-state index is 0.0449. The number of fused-ring (bicyclic) bond motifs is 1. The van der Waals surface area contributed by atoms with E-state index < -0.39 is 0 Å². The van der Waals surface area contributed by atoms with Gasteiger partial charge < -0.3 is 25.0 Å². The molecule has 208 valence electrons. The van der Waals surface area contributed by atoms with Crippen LogP contribution in [0.15, 0.2) is 73.2 Å². The van der Waals surface area contributed by atoms with E-state index in [0.29, 0.717) is 24.7 Å². The zero-order valence-corrected chi connectivity index (χ0v) is 23.2. The average Bonchev–Trinajstić information content (AvgIpc) is 3.48. The Kier molecular flexibility index (Phi) is 8.71. The number of carbonyl (C=O) groups excluding carboxylic acids is 2. The van der Waals surface area contributed by atoms with Crippen molar-refractivity contribution in [1.29, 1.82) is 0 Å². The van der Waals surface area contributed by atoms with Crippen molar-refractivity contribution in [2.24, 2.45) is 0 Å². The molecule has 0 unspecified atom stereocenters. The fourth-order valence-electron chi connectivity index (χ4n) is 5.41. The zero-order chi connectivity index (χ0) is 27.9. The van der Waals surface area contributed by atoms with E-state index in [9.17, 15) is 9.59 Å². The summed E-state index contributed by atoms with van der Waals surface area (Å²) in [4.78, 5) is 43.6. The van der Waals surface area contributed by atoms with Crippen molar-refractivity contribution in [2.75, 3.05) is 44.7 Å². The average molecular weight is 540 g/mol. The molecule has 1 saturated heterocycles. The molecule has 0 atom stereocenters. The van der Waals surface area contributed by atoms with Gasteiger partial charge in [0.25, 0.3) is 5.91 Å². The quantitative estimate of drug-likeness (QED) is 0.316. The van der Waals surface area contributed by atoms with Crippen molar-refractivity contribution < 1.29 is 9.59 Å². The van der Waals surface area contributed by atoms with E-state index in [0.717, 1.165) is 61.4 Å². The summed E-state index contributed by atoms with van der Waals surface area (Å²) >= 11 is 0. The van der Waals surface area contributed by atoms with Crippen LogP contribution in [0.2, 0.25) is 0 Å². The molecule has 5 rings (SSSR count).